The molecular weight excluding hydrogens is 324 g/mol. The Morgan fingerprint density at radius 3 is 2.54 bits per heavy atom. The summed E-state index contributed by atoms with van der Waals surface area (Å²) < 4.78 is 1.70. The topological polar surface area (TPSA) is 59.3 Å². The van der Waals surface area contributed by atoms with Crippen LogP contribution in [0.2, 0.25) is 0 Å². The molecule has 5 heteroatoms. The second-order valence-corrected chi connectivity index (χ2v) is 5.99. The summed E-state index contributed by atoms with van der Waals surface area (Å²) in [6, 6.07) is 19.6. The highest BCUT2D eigenvalue weighted by Crippen LogP contribution is 2.21. The zero-order chi connectivity index (χ0) is 17.9. The molecule has 5 nitrogen and oxygen atoms in total. The molecule has 4 rings (SSSR count). The zero-order valence-electron chi connectivity index (χ0n) is 14.4. The zero-order valence-corrected chi connectivity index (χ0v) is 14.4. The predicted molar refractivity (Wildman–Crippen MR) is 102 cm³/mol. The van der Waals surface area contributed by atoms with Crippen molar-refractivity contribution in [3.8, 4) is 11.3 Å². The van der Waals surface area contributed by atoms with Gasteiger partial charge in [0.2, 0.25) is 0 Å². The number of nitrogens with one attached hydrogen (secondary N) is 1. The van der Waals surface area contributed by atoms with Gasteiger partial charge >= 0.3 is 0 Å². The predicted octanol–water partition coefficient (Wildman–Crippen LogP) is 4.21. The number of rotatable bonds is 4. The lowest BCUT2D eigenvalue weighted by atomic mass is 10.1. The van der Waals surface area contributed by atoms with Gasteiger partial charge in [0, 0.05) is 17.4 Å². The number of nitrogens with zero attached hydrogens (tertiary/aromatic N) is 3. The minimum absolute atomic E-state index is 0.220. The molecule has 0 aliphatic carbocycles. The Morgan fingerprint density at radius 1 is 1.04 bits per heavy atom. The molecular formula is C21H18N4O. The van der Waals surface area contributed by atoms with E-state index in [1.54, 1.807) is 16.9 Å². The van der Waals surface area contributed by atoms with E-state index in [0.29, 0.717) is 11.2 Å². The number of hydrogen-bond acceptors (Lipinski definition) is 3. The molecule has 2 heterocycles. The third kappa shape index (κ3) is 2.95. The Labute approximate surface area is 151 Å². The van der Waals surface area contributed by atoms with Gasteiger partial charge in [-0.3, -0.25) is 4.79 Å². The summed E-state index contributed by atoms with van der Waals surface area (Å²) in [4.78, 5) is 17.0. The number of anilines is 1. The van der Waals surface area contributed by atoms with Crippen molar-refractivity contribution in [2.75, 3.05) is 5.32 Å². The number of aromatic nitrogens is 3. The van der Waals surface area contributed by atoms with Crippen LogP contribution in [0.3, 0.4) is 0 Å². The average molecular weight is 342 g/mol. The van der Waals surface area contributed by atoms with E-state index in [4.69, 9.17) is 0 Å². The van der Waals surface area contributed by atoms with Gasteiger partial charge in [-0.2, -0.15) is 5.10 Å². The Morgan fingerprint density at radius 2 is 1.81 bits per heavy atom. The fourth-order valence-electron chi connectivity index (χ4n) is 2.90. The van der Waals surface area contributed by atoms with Gasteiger partial charge in [0.1, 0.15) is 5.56 Å². The molecule has 0 radical (unpaired) electrons. The van der Waals surface area contributed by atoms with Gasteiger partial charge in [0.25, 0.3) is 5.91 Å². The molecule has 1 N–H and O–H groups in total. The number of carbonyl (C=O) groups excluding carboxylic acids is 1. The third-order valence-electron chi connectivity index (χ3n) is 4.34. The van der Waals surface area contributed by atoms with Crippen LogP contribution in [0.25, 0.3) is 16.9 Å². The molecule has 0 atom stereocenters. The van der Waals surface area contributed by atoms with Crippen LogP contribution < -0.4 is 5.32 Å². The number of fused-ring (bicyclic) bond motifs is 1. The van der Waals surface area contributed by atoms with Crippen molar-refractivity contribution in [3.63, 3.8) is 0 Å². The normalized spacial score (nSPS) is 10.8. The molecule has 128 valence electrons. The van der Waals surface area contributed by atoms with Crippen molar-refractivity contribution < 1.29 is 4.79 Å². The summed E-state index contributed by atoms with van der Waals surface area (Å²) in [6.45, 7) is 2.10. The second-order valence-electron chi connectivity index (χ2n) is 5.99. The van der Waals surface area contributed by atoms with Crippen LogP contribution in [0.5, 0.6) is 0 Å². The molecule has 2 aromatic carbocycles. The fourth-order valence-corrected chi connectivity index (χ4v) is 2.90. The van der Waals surface area contributed by atoms with E-state index in [-0.39, 0.29) is 5.91 Å². The maximum absolute atomic E-state index is 12.7. The molecule has 0 unspecified atom stereocenters. The van der Waals surface area contributed by atoms with Crippen LogP contribution in [0.1, 0.15) is 22.8 Å². The lowest BCUT2D eigenvalue weighted by Gasteiger charge is -2.06. The van der Waals surface area contributed by atoms with Crippen LogP contribution in [-0.4, -0.2) is 20.5 Å². The summed E-state index contributed by atoms with van der Waals surface area (Å²) in [5.41, 5.74) is 4.88. The molecule has 1 amide bonds. The summed E-state index contributed by atoms with van der Waals surface area (Å²) in [5.74, 6) is -0.220. The Balaban J connectivity index is 1.67. The van der Waals surface area contributed by atoms with Crippen LogP contribution in [0.15, 0.2) is 73.1 Å². The highest BCUT2D eigenvalue weighted by Gasteiger charge is 2.16. The quantitative estimate of drug-likeness (QED) is 0.604. The molecule has 0 aliphatic rings. The van der Waals surface area contributed by atoms with Gasteiger partial charge in [-0.25, -0.2) is 9.50 Å². The highest BCUT2D eigenvalue weighted by atomic mass is 16.1. The summed E-state index contributed by atoms with van der Waals surface area (Å²) in [5, 5.41) is 7.29. The van der Waals surface area contributed by atoms with E-state index in [1.165, 1.54) is 5.56 Å². The van der Waals surface area contributed by atoms with Crippen LogP contribution in [0, 0.1) is 0 Å². The van der Waals surface area contributed by atoms with Crippen molar-refractivity contribution in [2.24, 2.45) is 0 Å². The Bertz CT molecular complexity index is 1050. The Kier molecular flexibility index (Phi) is 4.19. The molecule has 0 saturated heterocycles. The number of aryl methyl sites for hydroxylation is 1. The smallest absolute Gasteiger partial charge is 0.261 e. The minimum atomic E-state index is -0.220. The van der Waals surface area contributed by atoms with E-state index in [0.717, 1.165) is 23.4 Å². The number of carbonyl (C=O) groups is 1. The molecule has 0 spiro atoms. The monoisotopic (exact) mass is 342 g/mol. The van der Waals surface area contributed by atoms with Gasteiger partial charge in [-0.1, -0.05) is 49.4 Å². The van der Waals surface area contributed by atoms with Gasteiger partial charge in [-0.15, -0.1) is 0 Å². The fraction of sp³-hybridized carbons (Fsp3) is 0.0952. The van der Waals surface area contributed by atoms with Crippen molar-refractivity contribution >= 4 is 17.2 Å². The molecule has 4 aromatic rings. The van der Waals surface area contributed by atoms with Crippen LogP contribution in [0.4, 0.5) is 5.69 Å². The number of amides is 1. The summed E-state index contributed by atoms with van der Waals surface area (Å²) in [6.07, 6.45) is 4.23. The second kappa shape index (κ2) is 6.80. The standard InChI is InChI=1S/C21H18N4O/c1-2-15-8-10-17(11-9-15)24-21(26)18-14-23-25-19(12-13-22-20(18)25)16-6-4-3-5-7-16/h3-14H,2H2,1H3,(H,24,26). The highest BCUT2D eigenvalue weighted by molar-refractivity contribution is 6.08. The third-order valence-corrected chi connectivity index (χ3v) is 4.34. The first-order chi connectivity index (χ1) is 12.8. The first kappa shape index (κ1) is 16.0. The van der Waals surface area contributed by atoms with E-state index in [2.05, 4.69) is 22.3 Å². The van der Waals surface area contributed by atoms with Crippen LogP contribution in [-0.2, 0) is 6.42 Å². The largest absolute Gasteiger partial charge is 0.322 e. The van der Waals surface area contributed by atoms with Gasteiger partial charge in [0.05, 0.1) is 11.9 Å². The summed E-state index contributed by atoms with van der Waals surface area (Å²) in [7, 11) is 0. The number of benzene rings is 2. The maximum Gasteiger partial charge on any atom is 0.261 e. The van der Waals surface area contributed by atoms with Gasteiger partial charge in [-0.05, 0) is 30.2 Å². The maximum atomic E-state index is 12.7. The first-order valence-electron chi connectivity index (χ1n) is 8.54. The van der Waals surface area contributed by atoms with Crippen LogP contribution >= 0.6 is 0 Å². The molecule has 2 aromatic heterocycles. The molecule has 26 heavy (non-hydrogen) atoms. The molecule has 0 aliphatic heterocycles. The van der Waals surface area contributed by atoms with Gasteiger partial charge < -0.3 is 5.32 Å². The van der Waals surface area contributed by atoms with Crippen molar-refractivity contribution in [1.29, 1.82) is 0 Å². The minimum Gasteiger partial charge on any atom is -0.322 e. The average Bonchev–Trinajstić information content (AvgIpc) is 3.13. The SMILES string of the molecule is CCc1ccc(NC(=O)c2cnn3c(-c4ccccc4)ccnc23)cc1. The first-order valence-corrected chi connectivity index (χ1v) is 8.54. The van der Waals surface area contributed by atoms with E-state index >= 15 is 0 Å². The number of hydrogen-bond donors (Lipinski definition) is 1. The molecule has 0 saturated carbocycles. The lowest BCUT2D eigenvalue weighted by Crippen LogP contribution is -2.12. The molecule has 0 bridgehead atoms. The van der Waals surface area contributed by atoms with Crippen molar-refractivity contribution in [2.45, 2.75) is 13.3 Å². The van der Waals surface area contributed by atoms with Crippen molar-refractivity contribution in [3.05, 3.63) is 84.2 Å². The van der Waals surface area contributed by atoms with Crippen molar-refractivity contribution in [1.82, 2.24) is 14.6 Å². The van der Waals surface area contributed by atoms with E-state index < -0.39 is 0 Å². The van der Waals surface area contributed by atoms with Gasteiger partial charge in [0.15, 0.2) is 5.65 Å². The molecule has 0 fully saturated rings. The van der Waals surface area contributed by atoms with E-state index in [9.17, 15) is 4.79 Å². The summed E-state index contributed by atoms with van der Waals surface area (Å²) >= 11 is 0. The lowest BCUT2D eigenvalue weighted by molar-refractivity contribution is 0.102. The Hall–Kier alpha value is -3.47. The van der Waals surface area contributed by atoms with E-state index in [1.807, 2.05) is 60.7 Å².